The maximum absolute atomic E-state index is 6.25. The van der Waals surface area contributed by atoms with Gasteiger partial charge in [0.1, 0.15) is 5.75 Å². The summed E-state index contributed by atoms with van der Waals surface area (Å²) in [5.41, 5.74) is 10.1. The molecule has 0 aromatic heterocycles. The van der Waals surface area contributed by atoms with Gasteiger partial charge in [0.15, 0.2) is 0 Å². The smallest absolute Gasteiger partial charge is 0.118 e. The lowest BCUT2D eigenvalue weighted by Crippen LogP contribution is -2.25. The molecular formula is C17H21NO. The van der Waals surface area contributed by atoms with Crippen LogP contribution in [0, 0.1) is 6.92 Å². The Morgan fingerprint density at radius 2 is 1.68 bits per heavy atom. The maximum atomic E-state index is 6.25. The number of hydrogen-bond donors (Lipinski definition) is 1. The number of methoxy groups -OCH3 is 1. The highest BCUT2D eigenvalue weighted by Gasteiger charge is 2.07. The molecule has 0 saturated heterocycles. The molecule has 1 atom stereocenters. The second kappa shape index (κ2) is 6.39. The quantitative estimate of drug-likeness (QED) is 0.891. The predicted molar refractivity (Wildman–Crippen MR) is 79.6 cm³/mol. The molecule has 0 fully saturated rings. The molecule has 0 heterocycles. The summed E-state index contributed by atoms with van der Waals surface area (Å²) in [6.45, 7) is 2.13. The van der Waals surface area contributed by atoms with Crippen LogP contribution in [0.1, 0.15) is 16.7 Å². The summed E-state index contributed by atoms with van der Waals surface area (Å²) in [4.78, 5) is 0. The zero-order valence-corrected chi connectivity index (χ0v) is 11.6. The third kappa shape index (κ3) is 3.83. The molecule has 2 aromatic carbocycles. The highest BCUT2D eigenvalue weighted by Crippen LogP contribution is 2.15. The average Bonchev–Trinajstić information content (AvgIpc) is 2.42. The van der Waals surface area contributed by atoms with Gasteiger partial charge in [-0.25, -0.2) is 0 Å². The fraction of sp³-hybridized carbons (Fsp3) is 0.294. The van der Waals surface area contributed by atoms with Crippen LogP contribution in [0.25, 0.3) is 0 Å². The van der Waals surface area contributed by atoms with E-state index in [2.05, 4.69) is 43.3 Å². The maximum Gasteiger partial charge on any atom is 0.118 e. The Hall–Kier alpha value is -1.80. The molecule has 2 nitrogen and oxygen atoms in total. The van der Waals surface area contributed by atoms with Gasteiger partial charge in [0.25, 0.3) is 0 Å². The monoisotopic (exact) mass is 255 g/mol. The van der Waals surface area contributed by atoms with Gasteiger partial charge in [-0.15, -0.1) is 0 Å². The molecule has 0 saturated carbocycles. The fourth-order valence-electron chi connectivity index (χ4n) is 2.26. The number of benzene rings is 2. The Morgan fingerprint density at radius 1 is 1.00 bits per heavy atom. The molecule has 0 spiro atoms. The van der Waals surface area contributed by atoms with E-state index in [1.54, 1.807) is 7.11 Å². The molecule has 2 rings (SSSR count). The molecule has 19 heavy (non-hydrogen) atoms. The Labute approximate surface area is 115 Å². The Bertz CT molecular complexity index is 519. The average molecular weight is 255 g/mol. The Kier molecular flexibility index (Phi) is 4.58. The minimum atomic E-state index is 0.148. The van der Waals surface area contributed by atoms with Gasteiger partial charge in [-0.3, -0.25) is 0 Å². The topological polar surface area (TPSA) is 35.2 Å². The van der Waals surface area contributed by atoms with Crippen molar-refractivity contribution in [2.24, 2.45) is 5.73 Å². The van der Waals surface area contributed by atoms with Gasteiger partial charge in [0, 0.05) is 6.04 Å². The molecule has 1 unspecified atom stereocenters. The van der Waals surface area contributed by atoms with Crippen LogP contribution in [0.5, 0.6) is 5.75 Å². The molecule has 2 N–H and O–H groups in total. The summed E-state index contributed by atoms with van der Waals surface area (Å²) in [5.74, 6) is 0.885. The van der Waals surface area contributed by atoms with Gasteiger partial charge >= 0.3 is 0 Å². The molecule has 2 heteroatoms. The summed E-state index contributed by atoms with van der Waals surface area (Å²) >= 11 is 0. The normalized spacial score (nSPS) is 12.2. The first-order valence-corrected chi connectivity index (χ1v) is 6.62. The Morgan fingerprint density at radius 3 is 2.32 bits per heavy atom. The first-order chi connectivity index (χ1) is 9.19. The molecule has 100 valence electrons. The van der Waals surface area contributed by atoms with Crippen molar-refractivity contribution in [3.8, 4) is 5.75 Å². The lowest BCUT2D eigenvalue weighted by molar-refractivity contribution is 0.414. The first-order valence-electron chi connectivity index (χ1n) is 6.62. The van der Waals surface area contributed by atoms with Gasteiger partial charge in [0.2, 0.25) is 0 Å². The lowest BCUT2D eigenvalue weighted by atomic mass is 9.97. The largest absolute Gasteiger partial charge is 0.497 e. The van der Waals surface area contributed by atoms with E-state index in [0.29, 0.717) is 0 Å². The van der Waals surface area contributed by atoms with Crippen molar-refractivity contribution in [3.63, 3.8) is 0 Å². The summed E-state index contributed by atoms with van der Waals surface area (Å²) in [6.07, 6.45) is 1.80. The molecule has 0 aliphatic heterocycles. The number of ether oxygens (including phenoxy) is 1. The molecule has 0 aliphatic rings. The van der Waals surface area contributed by atoms with E-state index in [-0.39, 0.29) is 6.04 Å². The van der Waals surface area contributed by atoms with E-state index in [1.165, 1.54) is 16.7 Å². The predicted octanol–water partition coefficient (Wildman–Crippen LogP) is 3.12. The summed E-state index contributed by atoms with van der Waals surface area (Å²) in [6, 6.07) is 16.7. The van der Waals surface area contributed by atoms with E-state index in [0.717, 1.165) is 18.6 Å². The summed E-state index contributed by atoms with van der Waals surface area (Å²) in [5, 5.41) is 0. The van der Waals surface area contributed by atoms with Crippen molar-refractivity contribution in [3.05, 3.63) is 65.2 Å². The molecular weight excluding hydrogens is 234 g/mol. The highest BCUT2D eigenvalue weighted by atomic mass is 16.5. The van der Waals surface area contributed by atoms with Crippen LogP contribution in [-0.2, 0) is 12.8 Å². The van der Waals surface area contributed by atoms with Crippen molar-refractivity contribution >= 4 is 0 Å². The van der Waals surface area contributed by atoms with Crippen LogP contribution >= 0.6 is 0 Å². The van der Waals surface area contributed by atoms with Gasteiger partial charge in [-0.1, -0.05) is 36.4 Å². The third-order valence-corrected chi connectivity index (χ3v) is 3.40. The third-order valence-electron chi connectivity index (χ3n) is 3.40. The first kappa shape index (κ1) is 13.6. The van der Waals surface area contributed by atoms with Crippen LogP contribution in [0.4, 0.5) is 0 Å². The summed E-state index contributed by atoms with van der Waals surface area (Å²) in [7, 11) is 1.68. The molecule has 0 aliphatic carbocycles. The van der Waals surface area contributed by atoms with E-state index < -0.39 is 0 Å². The van der Waals surface area contributed by atoms with Crippen molar-refractivity contribution in [2.45, 2.75) is 25.8 Å². The lowest BCUT2D eigenvalue weighted by Gasteiger charge is -2.13. The molecule has 0 bridgehead atoms. The van der Waals surface area contributed by atoms with E-state index >= 15 is 0 Å². The number of nitrogens with two attached hydrogens (primary N) is 1. The number of hydrogen-bond acceptors (Lipinski definition) is 2. The number of rotatable bonds is 5. The van der Waals surface area contributed by atoms with Crippen molar-refractivity contribution < 1.29 is 4.74 Å². The van der Waals surface area contributed by atoms with Gasteiger partial charge in [-0.2, -0.15) is 0 Å². The van der Waals surface area contributed by atoms with E-state index in [9.17, 15) is 0 Å². The van der Waals surface area contributed by atoms with Crippen LogP contribution < -0.4 is 10.5 Å². The fourth-order valence-corrected chi connectivity index (χ4v) is 2.26. The van der Waals surface area contributed by atoms with Crippen molar-refractivity contribution in [2.75, 3.05) is 7.11 Å². The minimum absolute atomic E-state index is 0.148. The zero-order valence-electron chi connectivity index (χ0n) is 11.6. The van der Waals surface area contributed by atoms with Gasteiger partial charge in [0.05, 0.1) is 7.11 Å². The second-order valence-corrected chi connectivity index (χ2v) is 4.94. The Balaban J connectivity index is 1.97. The van der Waals surface area contributed by atoms with Crippen LogP contribution in [0.15, 0.2) is 48.5 Å². The van der Waals surface area contributed by atoms with E-state index in [4.69, 9.17) is 10.5 Å². The molecule has 0 amide bonds. The SMILES string of the molecule is COc1ccc(CC(N)Cc2ccccc2C)cc1. The summed E-state index contributed by atoms with van der Waals surface area (Å²) < 4.78 is 5.15. The number of aryl methyl sites for hydroxylation is 1. The second-order valence-electron chi connectivity index (χ2n) is 4.94. The molecule has 0 radical (unpaired) electrons. The van der Waals surface area contributed by atoms with Crippen molar-refractivity contribution in [1.82, 2.24) is 0 Å². The van der Waals surface area contributed by atoms with Gasteiger partial charge < -0.3 is 10.5 Å². The standard InChI is InChI=1S/C17H21NO/c1-13-5-3-4-6-15(13)12-16(18)11-14-7-9-17(19-2)10-8-14/h3-10,16H,11-12,18H2,1-2H3. The highest BCUT2D eigenvalue weighted by molar-refractivity contribution is 5.29. The van der Waals surface area contributed by atoms with Crippen molar-refractivity contribution in [1.29, 1.82) is 0 Å². The van der Waals surface area contributed by atoms with Gasteiger partial charge in [-0.05, 0) is 48.6 Å². The van der Waals surface area contributed by atoms with Crippen LogP contribution in [0.2, 0.25) is 0 Å². The molecule has 2 aromatic rings. The van der Waals surface area contributed by atoms with Crippen LogP contribution in [0.3, 0.4) is 0 Å². The zero-order chi connectivity index (χ0) is 13.7. The minimum Gasteiger partial charge on any atom is -0.497 e. The van der Waals surface area contributed by atoms with E-state index in [1.807, 2.05) is 12.1 Å². The van der Waals surface area contributed by atoms with Crippen LogP contribution in [-0.4, -0.2) is 13.2 Å².